The number of rotatable bonds is 7. The van der Waals surface area contributed by atoms with E-state index in [1.165, 1.54) is 19.3 Å². The summed E-state index contributed by atoms with van der Waals surface area (Å²) >= 11 is 0. The van der Waals surface area contributed by atoms with E-state index < -0.39 is 0 Å². The van der Waals surface area contributed by atoms with Gasteiger partial charge in [0.1, 0.15) is 0 Å². The Balaban J connectivity index is 1.45. The van der Waals surface area contributed by atoms with Crippen molar-refractivity contribution in [1.29, 1.82) is 0 Å². The molecule has 1 N–H and O–H groups in total. The molecule has 1 saturated carbocycles. The molecule has 6 nitrogen and oxygen atoms in total. The fraction of sp³-hybridized carbons (Fsp3) is 0.765. The third-order valence-electron chi connectivity index (χ3n) is 5.02. The van der Waals surface area contributed by atoms with Crippen LogP contribution < -0.4 is 5.32 Å². The number of amides is 2. The normalized spacial score (nSPS) is 22.6. The molecule has 2 heterocycles. The van der Waals surface area contributed by atoms with Crippen molar-refractivity contribution in [2.75, 3.05) is 26.2 Å². The van der Waals surface area contributed by atoms with Crippen LogP contribution in [0.2, 0.25) is 0 Å². The highest BCUT2D eigenvalue weighted by molar-refractivity contribution is 5.74. The number of carbonyl (C=O) groups excluding carboxylic acids is 1. The summed E-state index contributed by atoms with van der Waals surface area (Å²) in [6.07, 6.45) is 11.6. The summed E-state index contributed by atoms with van der Waals surface area (Å²) in [6.45, 7) is 5.97. The van der Waals surface area contributed by atoms with E-state index in [9.17, 15) is 4.79 Å². The Morgan fingerprint density at radius 2 is 2.35 bits per heavy atom. The number of ether oxygens (including phenoxy) is 1. The minimum atomic E-state index is 0.0404. The van der Waals surface area contributed by atoms with Gasteiger partial charge in [-0.05, 0) is 39.0 Å². The number of urea groups is 1. The molecule has 3 rings (SSSR count). The van der Waals surface area contributed by atoms with Crippen LogP contribution in [0.15, 0.2) is 18.7 Å². The lowest BCUT2D eigenvalue weighted by Crippen LogP contribution is -2.46. The third kappa shape index (κ3) is 4.47. The first-order valence-corrected chi connectivity index (χ1v) is 8.81. The van der Waals surface area contributed by atoms with Gasteiger partial charge in [0.2, 0.25) is 0 Å². The first kappa shape index (κ1) is 16.3. The van der Waals surface area contributed by atoms with E-state index in [1.807, 2.05) is 24.3 Å². The molecule has 0 radical (unpaired) electrons. The second-order valence-corrected chi connectivity index (χ2v) is 6.92. The minimum absolute atomic E-state index is 0.0404. The molecule has 1 aliphatic carbocycles. The van der Waals surface area contributed by atoms with Crippen LogP contribution in [0, 0.1) is 5.41 Å². The molecule has 2 aliphatic rings. The topological polar surface area (TPSA) is 59.4 Å². The first-order valence-electron chi connectivity index (χ1n) is 8.81. The average Bonchev–Trinajstić information content (AvgIpc) is 3.15. The maximum atomic E-state index is 12.5. The quantitative estimate of drug-likeness (QED) is 0.838. The van der Waals surface area contributed by atoms with E-state index in [4.69, 9.17) is 4.74 Å². The third-order valence-corrected chi connectivity index (χ3v) is 5.02. The molecule has 1 saturated heterocycles. The maximum absolute atomic E-state index is 12.5. The SMILES string of the molecule is CCN(C[C@@H]1CCCCO1)C(=O)NCC1(Cn2ccnc2)CC1. The molecule has 1 atom stereocenters. The zero-order chi connectivity index (χ0) is 16.1. The summed E-state index contributed by atoms with van der Waals surface area (Å²) < 4.78 is 7.86. The van der Waals surface area contributed by atoms with E-state index in [0.717, 1.165) is 39.1 Å². The lowest BCUT2D eigenvalue weighted by Gasteiger charge is -2.30. The molecule has 2 fully saturated rings. The number of imidazole rings is 1. The molecule has 1 aliphatic heterocycles. The van der Waals surface area contributed by atoms with Crippen LogP contribution in [0.4, 0.5) is 4.79 Å². The zero-order valence-corrected chi connectivity index (χ0v) is 14.0. The number of hydrogen-bond donors (Lipinski definition) is 1. The molecule has 128 valence electrons. The van der Waals surface area contributed by atoms with Crippen LogP contribution in [-0.4, -0.2) is 52.8 Å². The van der Waals surface area contributed by atoms with Gasteiger partial charge in [-0.15, -0.1) is 0 Å². The van der Waals surface area contributed by atoms with E-state index in [0.29, 0.717) is 6.54 Å². The predicted octanol–water partition coefficient (Wildman–Crippen LogP) is 2.26. The number of aromatic nitrogens is 2. The number of nitrogens with one attached hydrogen (secondary N) is 1. The van der Waals surface area contributed by atoms with Crippen molar-refractivity contribution < 1.29 is 9.53 Å². The van der Waals surface area contributed by atoms with E-state index in [2.05, 4.69) is 14.9 Å². The summed E-state index contributed by atoms with van der Waals surface area (Å²) in [5.41, 5.74) is 0.219. The van der Waals surface area contributed by atoms with Gasteiger partial charge in [0, 0.05) is 50.6 Å². The van der Waals surface area contributed by atoms with Crippen LogP contribution >= 0.6 is 0 Å². The lowest BCUT2D eigenvalue weighted by molar-refractivity contribution is 0.00127. The van der Waals surface area contributed by atoms with E-state index >= 15 is 0 Å². The largest absolute Gasteiger partial charge is 0.376 e. The number of likely N-dealkylation sites (N-methyl/N-ethyl adjacent to an activating group) is 1. The van der Waals surface area contributed by atoms with Gasteiger partial charge in [-0.3, -0.25) is 0 Å². The highest BCUT2D eigenvalue weighted by Crippen LogP contribution is 2.46. The smallest absolute Gasteiger partial charge is 0.317 e. The molecule has 1 aromatic heterocycles. The predicted molar refractivity (Wildman–Crippen MR) is 88.1 cm³/mol. The van der Waals surface area contributed by atoms with Gasteiger partial charge < -0.3 is 19.5 Å². The second kappa shape index (κ2) is 7.34. The second-order valence-electron chi connectivity index (χ2n) is 6.92. The standard InChI is InChI=1S/C17H28N4O2/c1-2-21(11-15-5-3-4-10-23-15)16(22)19-12-17(6-7-17)13-20-9-8-18-14-20/h8-9,14-15H,2-7,10-13H2,1H3,(H,19,22)/t15-/m0/s1. The van der Waals surface area contributed by atoms with E-state index in [1.54, 1.807) is 6.20 Å². The fourth-order valence-electron chi connectivity index (χ4n) is 3.26. The van der Waals surface area contributed by atoms with Crippen molar-refractivity contribution in [2.24, 2.45) is 5.41 Å². The monoisotopic (exact) mass is 320 g/mol. The van der Waals surface area contributed by atoms with Crippen LogP contribution in [0.3, 0.4) is 0 Å². The van der Waals surface area contributed by atoms with Crippen molar-refractivity contribution in [3.63, 3.8) is 0 Å². The Morgan fingerprint density at radius 3 is 2.96 bits per heavy atom. The highest BCUT2D eigenvalue weighted by Gasteiger charge is 2.43. The zero-order valence-electron chi connectivity index (χ0n) is 14.0. The number of carbonyl (C=O) groups is 1. The molecular weight excluding hydrogens is 292 g/mol. The number of hydrogen-bond acceptors (Lipinski definition) is 3. The van der Waals surface area contributed by atoms with Crippen molar-refractivity contribution in [1.82, 2.24) is 19.8 Å². The van der Waals surface area contributed by atoms with Gasteiger partial charge >= 0.3 is 6.03 Å². The number of nitrogens with zero attached hydrogens (tertiary/aromatic N) is 3. The molecule has 2 amide bonds. The molecule has 1 aromatic rings. The van der Waals surface area contributed by atoms with Crippen LogP contribution in [-0.2, 0) is 11.3 Å². The van der Waals surface area contributed by atoms with Gasteiger partial charge in [0.05, 0.1) is 12.4 Å². The summed E-state index contributed by atoms with van der Waals surface area (Å²) in [5.74, 6) is 0. The molecule has 23 heavy (non-hydrogen) atoms. The molecular formula is C17H28N4O2. The summed E-state index contributed by atoms with van der Waals surface area (Å²) in [6, 6.07) is 0.0404. The fourth-order valence-corrected chi connectivity index (χ4v) is 3.26. The molecule has 0 unspecified atom stereocenters. The maximum Gasteiger partial charge on any atom is 0.317 e. The summed E-state index contributed by atoms with van der Waals surface area (Å²) in [5, 5.41) is 3.14. The molecule has 6 heteroatoms. The highest BCUT2D eigenvalue weighted by atomic mass is 16.5. The average molecular weight is 320 g/mol. The minimum Gasteiger partial charge on any atom is -0.376 e. The van der Waals surface area contributed by atoms with Gasteiger partial charge in [0.25, 0.3) is 0 Å². The Morgan fingerprint density at radius 1 is 1.48 bits per heavy atom. The van der Waals surface area contributed by atoms with Crippen molar-refractivity contribution in [3.8, 4) is 0 Å². The van der Waals surface area contributed by atoms with Crippen LogP contribution in [0.5, 0.6) is 0 Å². The molecule has 0 aromatic carbocycles. The Kier molecular flexibility index (Phi) is 5.20. The van der Waals surface area contributed by atoms with Gasteiger partial charge in [-0.25, -0.2) is 9.78 Å². The molecule has 0 spiro atoms. The first-order chi connectivity index (χ1) is 11.2. The van der Waals surface area contributed by atoms with Crippen molar-refractivity contribution >= 4 is 6.03 Å². The van der Waals surface area contributed by atoms with Crippen molar-refractivity contribution in [2.45, 2.75) is 51.7 Å². The Bertz CT molecular complexity index is 493. The van der Waals surface area contributed by atoms with E-state index in [-0.39, 0.29) is 17.6 Å². The van der Waals surface area contributed by atoms with Crippen LogP contribution in [0.25, 0.3) is 0 Å². The van der Waals surface area contributed by atoms with Gasteiger partial charge in [-0.2, -0.15) is 0 Å². The van der Waals surface area contributed by atoms with Gasteiger partial charge in [-0.1, -0.05) is 0 Å². The van der Waals surface area contributed by atoms with Gasteiger partial charge in [0.15, 0.2) is 0 Å². The van der Waals surface area contributed by atoms with Crippen molar-refractivity contribution in [3.05, 3.63) is 18.7 Å². The Hall–Kier alpha value is -1.56. The Labute approximate surface area is 138 Å². The molecule has 0 bridgehead atoms. The summed E-state index contributed by atoms with van der Waals surface area (Å²) in [4.78, 5) is 18.4. The lowest BCUT2D eigenvalue weighted by atomic mass is 10.1. The summed E-state index contributed by atoms with van der Waals surface area (Å²) in [7, 11) is 0. The van der Waals surface area contributed by atoms with Crippen LogP contribution in [0.1, 0.15) is 39.0 Å².